The van der Waals surface area contributed by atoms with Gasteiger partial charge >= 0.3 is 0 Å². The summed E-state index contributed by atoms with van der Waals surface area (Å²) in [5.41, 5.74) is 9.47. The van der Waals surface area contributed by atoms with E-state index >= 15 is 0 Å². The first kappa shape index (κ1) is 9.44. The largest absolute Gasteiger partial charge is 0.328 e. The summed E-state index contributed by atoms with van der Waals surface area (Å²) in [4.78, 5) is 0. The van der Waals surface area contributed by atoms with Crippen molar-refractivity contribution in [3.8, 4) is 0 Å². The van der Waals surface area contributed by atoms with E-state index in [2.05, 4.69) is 10.4 Å². The summed E-state index contributed by atoms with van der Waals surface area (Å²) >= 11 is 0. The maximum Gasteiger partial charge on any atom is 0.0230 e. The van der Waals surface area contributed by atoms with Crippen LogP contribution in [0, 0.1) is 0 Å². The second-order valence-electron chi connectivity index (χ2n) is 4.45. The van der Waals surface area contributed by atoms with Crippen LogP contribution < -0.4 is 11.2 Å². The molecule has 1 saturated carbocycles. The van der Waals surface area contributed by atoms with Gasteiger partial charge in [0, 0.05) is 25.2 Å². The van der Waals surface area contributed by atoms with E-state index in [0.29, 0.717) is 12.1 Å². The smallest absolute Gasteiger partial charge is 0.0230 e. The molecule has 2 unspecified atom stereocenters. The molecule has 0 aromatic carbocycles. The number of piperidine rings is 1. The van der Waals surface area contributed by atoms with Gasteiger partial charge in [-0.05, 0) is 32.1 Å². The van der Waals surface area contributed by atoms with Crippen molar-refractivity contribution in [3.05, 3.63) is 0 Å². The van der Waals surface area contributed by atoms with Gasteiger partial charge in [-0.15, -0.1) is 0 Å². The van der Waals surface area contributed by atoms with Gasteiger partial charge in [0.25, 0.3) is 0 Å². The summed E-state index contributed by atoms with van der Waals surface area (Å²) in [6.45, 7) is 2.46. The molecular formula is C10H21N3. The fraction of sp³-hybridized carbons (Fsp3) is 1.00. The molecule has 0 aromatic heterocycles. The molecular weight excluding hydrogens is 162 g/mol. The molecule has 1 heterocycles. The fourth-order valence-electron chi connectivity index (χ4n) is 2.41. The highest BCUT2D eigenvalue weighted by atomic mass is 15.5. The van der Waals surface area contributed by atoms with Crippen LogP contribution in [-0.2, 0) is 0 Å². The zero-order valence-electron chi connectivity index (χ0n) is 8.34. The Hall–Kier alpha value is -0.120. The highest BCUT2D eigenvalue weighted by Gasteiger charge is 2.23. The van der Waals surface area contributed by atoms with Crippen molar-refractivity contribution < 1.29 is 0 Å². The Morgan fingerprint density at radius 3 is 2.46 bits per heavy atom. The van der Waals surface area contributed by atoms with Crippen molar-refractivity contribution in [1.82, 2.24) is 10.4 Å². The summed E-state index contributed by atoms with van der Waals surface area (Å²) in [6, 6.07) is 1.11. The third-order valence-corrected chi connectivity index (χ3v) is 3.19. The van der Waals surface area contributed by atoms with Crippen LogP contribution >= 0.6 is 0 Å². The monoisotopic (exact) mass is 183 g/mol. The highest BCUT2D eigenvalue weighted by molar-refractivity contribution is 4.82. The van der Waals surface area contributed by atoms with Crippen LogP contribution in [0.15, 0.2) is 0 Å². The van der Waals surface area contributed by atoms with Gasteiger partial charge < -0.3 is 5.73 Å². The Morgan fingerprint density at radius 2 is 1.85 bits per heavy atom. The SMILES string of the molecule is NC1CCC(NN2CCCCC2)C1. The van der Waals surface area contributed by atoms with Crippen molar-refractivity contribution in [3.63, 3.8) is 0 Å². The summed E-state index contributed by atoms with van der Waals surface area (Å²) in [5.74, 6) is 0. The van der Waals surface area contributed by atoms with Gasteiger partial charge in [-0.2, -0.15) is 0 Å². The normalized spacial score (nSPS) is 36.7. The van der Waals surface area contributed by atoms with Crippen LogP contribution in [0.1, 0.15) is 38.5 Å². The van der Waals surface area contributed by atoms with E-state index in [0.717, 1.165) is 6.42 Å². The summed E-state index contributed by atoms with van der Waals surface area (Å²) in [6.07, 6.45) is 7.74. The van der Waals surface area contributed by atoms with E-state index in [1.807, 2.05) is 0 Å². The molecule has 1 saturated heterocycles. The molecule has 0 amide bonds. The van der Waals surface area contributed by atoms with E-state index < -0.39 is 0 Å². The van der Waals surface area contributed by atoms with Crippen LogP contribution in [0.3, 0.4) is 0 Å². The maximum absolute atomic E-state index is 5.87. The number of nitrogens with two attached hydrogens (primary N) is 1. The molecule has 13 heavy (non-hydrogen) atoms. The average molecular weight is 183 g/mol. The quantitative estimate of drug-likeness (QED) is 0.667. The summed E-state index contributed by atoms with van der Waals surface area (Å²) in [5, 5.41) is 2.40. The van der Waals surface area contributed by atoms with E-state index in [-0.39, 0.29) is 0 Å². The minimum atomic E-state index is 0.447. The van der Waals surface area contributed by atoms with Gasteiger partial charge in [-0.3, -0.25) is 5.43 Å². The number of hydrogen-bond donors (Lipinski definition) is 2. The van der Waals surface area contributed by atoms with E-state index in [4.69, 9.17) is 5.73 Å². The lowest BCUT2D eigenvalue weighted by Gasteiger charge is -2.30. The van der Waals surface area contributed by atoms with Crippen molar-refractivity contribution in [2.24, 2.45) is 5.73 Å². The number of hydrogen-bond acceptors (Lipinski definition) is 3. The topological polar surface area (TPSA) is 41.3 Å². The first-order chi connectivity index (χ1) is 6.34. The number of nitrogens with zero attached hydrogens (tertiary/aromatic N) is 1. The molecule has 1 aliphatic heterocycles. The van der Waals surface area contributed by atoms with Gasteiger partial charge in [0.2, 0.25) is 0 Å². The van der Waals surface area contributed by atoms with E-state index in [9.17, 15) is 0 Å². The Labute approximate surface area is 80.6 Å². The molecule has 2 aliphatic rings. The standard InChI is InChI=1S/C10H21N3/c11-9-4-5-10(8-9)12-13-6-2-1-3-7-13/h9-10,12H,1-8,11H2. The van der Waals surface area contributed by atoms with Crippen LogP contribution in [0.25, 0.3) is 0 Å². The van der Waals surface area contributed by atoms with Gasteiger partial charge in [0.05, 0.1) is 0 Å². The highest BCUT2D eigenvalue weighted by Crippen LogP contribution is 2.18. The Kier molecular flexibility index (Phi) is 3.19. The van der Waals surface area contributed by atoms with Crippen molar-refractivity contribution in [1.29, 1.82) is 0 Å². The summed E-state index contributed by atoms with van der Waals surface area (Å²) in [7, 11) is 0. The number of hydrazine groups is 1. The lowest BCUT2D eigenvalue weighted by molar-refractivity contribution is 0.129. The fourth-order valence-corrected chi connectivity index (χ4v) is 2.41. The molecule has 3 heteroatoms. The minimum Gasteiger partial charge on any atom is -0.328 e. The molecule has 2 atom stereocenters. The summed E-state index contributed by atoms with van der Waals surface area (Å²) < 4.78 is 0. The molecule has 2 rings (SSSR count). The number of nitrogens with one attached hydrogen (secondary N) is 1. The van der Waals surface area contributed by atoms with Crippen LogP contribution in [0.4, 0.5) is 0 Å². The third kappa shape index (κ3) is 2.66. The molecule has 76 valence electrons. The Morgan fingerprint density at radius 1 is 1.08 bits per heavy atom. The van der Waals surface area contributed by atoms with Crippen LogP contribution in [0.2, 0.25) is 0 Å². The molecule has 0 spiro atoms. The van der Waals surface area contributed by atoms with Crippen molar-refractivity contribution >= 4 is 0 Å². The predicted octanol–water partition coefficient (Wildman–Crippen LogP) is 0.857. The first-order valence-corrected chi connectivity index (χ1v) is 5.61. The lowest BCUT2D eigenvalue weighted by Crippen LogP contribution is -2.46. The second kappa shape index (κ2) is 4.40. The molecule has 3 N–H and O–H groups in total. The molecule has 0 radical (unpaired) electrons. The van der Waals surface area contributed by atoms with Gasteiger partial charge in [0.1, 0.15) is 0 Å². The first-order valence-electron chi connectivity index (χ1n) is 5.61. The molecule has 2 fully saturated rings. The molecule has 0 bridgehead atoms. The zero-order chi connectivity index (χ0) is 9.10. The second-order valence-corrected chi connectivity index (χ2v) is 4.45. The third-order valence-electron chi connectivity index (χ3n) is 3.19. The van der Waals surface area contributed by atoms with Gasteiger partial charge in [-0.25, -0.2) is 5.01 Å². The number of rotatable bonds is 2. The molecule has 0 aromatic rings. The van der Waals surface area contributed by atoms with E-state index in [1.165, 1.54) is 45.2 Å². The molecule has 3 nitrogen and oxygen atoms in total. The van der Waals surface area contributed by atoms with Gasteiger partial charge in [0.15, 0.2) is 0 Å². The molecule has 1 aliphatic carbocycles. The van der Waals surface area contributed by atoms with E-state index in [1.54, 1.807) is 0 Å². The van der Waals surface area contributed by atoms with Crippen molar-refractivity contribution in [2.75, 3.05) is 13.1 Å². The van der Waals surface area contributed by atoms with Gasteiger partial charge in [-0.1, -0.05) is 6.42 Å². The average Bonchev–Trinajstić information content (AvgIpc) is 2.53. The maximum atomic E-state index is 5.87. The zero-order valence-corrected chi connectivity index (χ0v) is 8.34. The Bertz CT molecular complexity index is 151. The minimum absolute atomic E-state index is 0.447. The predicted molar refractivity (Wildman–Crippen MR) is 54.2 cm³/mol. The Balaban J connectivity index is 1.71. The van der Waals surface area contributed by atoms with Crippen LogP contribution in [-0.4, -0.2) is 30.2 Å². The lowest BCUT2D eigenvalue weighted by atomic mass is 10.1. The van der Waals surface area contributed by atoms with Crippen molar-refractivity contribution in [2.45, 2.75) is 50.6 Å². The van der Waals surface area contributed by atoms with Crippen LogP contribution in [0.5, 0.6) is 0 Å².